The second-order valence-corrected chi connectivity index (χ2v) is 5.91. The van der Waals surface area contributed by atoms with Gasteiger partial charge in [0.15, 0.2) is 23.3 Å². The standard InChI is InChI=1S/C16H11F5OS/c1-8(23-9-5-3-2-4-6-9)7-10(22)11-12(17)14(19)16(21)15(20)13(11)18/h2-6,10,22H,1,7H2. The molecule has 122 valence electrons. The van der Waals surface area contributed by atoms with Gasteiger partial charge in [0, 0.05) is 11.3 Å². The van der Waals surface area contributed by atoms with Gasteiger partial charge in [-0.25, -0.2) is 22.0 Å². The Morgan fingerprint density at radius 3 is 1.91 bits per heavy atom. The fourth-order valence-electron chi connectivity index (χ4n) is 1.93. The fraction of sp³-hybridized carbons (Fsp3) is 0.125. The molecular weight excluding hydrogens is 335 g/mol. The van der Waals surface area contributed by atoms with Crippen molar-refractivity contribution in [2.75, 3.05) is 0 Å². The maximum Gasteiger partial charge on any atom is 0.200 e. The van der Waals surface area contributed by atoms with Crippen LogP contribution in [-0.4, -0.2) is 5.11 Å². The van der Waals surface area contributed by atoms with Crippen LogP contribution >= 0.6 is 11.8 Å². The van der Waals surface area contributed by atoms with E-state index < -0.39 is 40.8 Å². The first kappa shape index (κ1) is 17.5. The summed E-state index contributed by atoms with van der Waals surface area (Å²) in [6.45, 7) is 3.63. The zero-order chi connectivity index (χ0) is 17.1. The average molecular weight is 346 g/mol. The predicted octanol–water partition coefficient (Wildman–Crippen LogP) is 5.11. The Bertz CT molecular complexity index is 704. The van der Waals surface area contributed by atoms with E-state index in [0.717, 1.165) is 16.7 Å². The topological polar surface area (TPSA) is 20.2 Å². The minimum atomic E-state index is -2.26. The molecular formula is C16H11F5OS. The summed E-state index contributed by atoms with van der Waals surface area (Å²) in [5.41, 5.74) is -1.25. The second kappa shape index (κ2) is 7.14. The molecule has 2 aromatic rings. The number of aliphatic hydroxyl groups is 1. The van der Waals surface area contributed by atoms with Crippen molar-refractivity contribution < 1.29 is 27.1 Å². The van der Waals surface area contributed by atoms with Gasteiger partial charge < -0.3 is 5.11 Å². The van der Waals surface area contributed by atoms with Gasteiger partial charge in [-0.1, -0.05) is 36.5 Å². The Balaban J connectivity index is 2.21. The first-order valence-electron chi connectivity index (χ1n) is 6.43. The molecule has 1 atom stereocenters. The van der Waals surface area contributed by atoms with E-state index >= 15 is 0 Å². The lowest BCUT2D eigenvalue weighted by atomic mass is 10.0. The molecule has 0 aliphatic carbocycles. The molecule has 0 aliphatic rings. The number of aliphatic hydroxyl groups excluding tert-OH is 1. The summed E-state index contributed by atoms with van der Waals surface area (Å²) in [6.07, 6.45) is -2.26. The summed E-state index contributed by atoms with van der Waals surface area (Å²) < 4.78 is 66.5. The Morgan fingerprint density at radius 1 is 0.913 bits per heavy atom. The molecule has 0 radical (unpaired) electrons. The molecule has 0 heterocycles. The highest BCUT2D eigenvalue weighted by Crippen LogP contribution is 2.35. The van der Waals surface area contributed by atoms with E-state index in [9.17, 15) is 27.1 Å². The monoisotopic (exact) mass is 346 g/mol. The number of benzene rings is 2. The number of thioether (sulfide) groups is 1. The van der Waals surface area contributed by atoms with Gasteiger partial charge in [-0.15, -0.1) is 0 Å². The minimum absolute atomic E-state index is 0.313. The van der Waals surface area contributed by atoms with Gasteiger partial charge in [-0.05, 0) is 17.0 Å². The molecule has 23 heavy (non-hydrogen) atoms. The van der Waals surface area contributed by atoms with E-state index in [1.54, 1.807) is 30.3 Å². The Hall–Kier alpha value is -1.86. The largest absolute Gasteiger partial charge is 0.388 e. The molecule has 1 nitrogen and oxygen atoms in total. The maximum absolute atomic E-state index is 13.6. The zero-order valence-electron chi connectivity index (χ0n) is 11.6. The van der Waals surface area contributed by atoms with Crippen molar-refractivity contribution in [1.82, 2.24) is 0 Å². The number of rotatable bonds is 5. The van der Waals surface area contributed by atoms with E-state index in [2.05, 4.69) is 6.58 Å². The molecule has 0 bridgehead atoms. The molecule has 1 unspecified atom stereocenters. The van der Waals surface area contributed by atoms with E-state index in [0.29, 0.717) is 4.91 Å². The molecule has 0 aliphatic heterocycles. The summed E-state index contributed by atoms with van der Waals surface area (Å²) in [5, 5.41) is 9.86. The van der Waals surface area contributed by atoms with Gasteiger partial charge in [0.2, 0.25) is 5.82 Å². The van der Waals surface area contributed by atoms with Crippen LogP contribution < -0.4 is 0 Å². The predicted molar refractivity (Wildman–Crippen MR) is 77.2 cm³/mol. The van der Waals surface area contributed by atoms with Gasteiger partial charge in [0.1, 0.15) is 0 Å². The Morgan fingerprint density at radius 2 is 1.39 bits per heavy atom. The maximum atomic E-state index is 13.6. The zero-order valence-corrected chi connectivity index (χ0v) is 12.4. The van der Waals surface area contributed by atoms with Crippen LogP contribution in [-0.2, 0) is 0 Å². The van der Waals surface area contributed by atoms with E-state index in [-0.39, 0.29) is 6.42 Å². The number of hydrogen-bond acceptors (Lipinski definition) is 2. The molecule has 0 saturated heterocycles. The molecule has 0 aromatic heterocycles. The molecule has 0 saturated carbocycles. The van der Waals surface area contributed by atoms with Gasteiger partial charge in [-0.3, -0.25) is 0 Å². The van der Waals surface area contributed by atoms with Crippen LogP contribution in [0, 0.1) is 29.1 Å². The van der Waals surface area contributed by atoms with Crippen LogP contribution in [0.5, 0.6) is 0 Å². The summed E-state index contributed by atoms with van der Waals surface area (Å²) in [7, 11) is 0. The fourth-order valence-corrected chi connectivity index (χ4v) is 2.80. The SMILES string of the molecule is C=C(CC(O)c1c(F)c(F)c(F)c(F)c1F)Sc1ccccc1. The van der Waals surface area contributed by atoms with Gasteiger partial charge in [-0.2, -0.15) is 0 Å². The van der Waals surface area contributed by atoms with Crippen LogP contribution in [0.4, 0.5) is 22.0 Å². The van der Waals surface area contributed by atoms with Gasteiger partial charge in [0.05, 0.1) is 11.7 Å². The second-order valence-electron chi connectivity index (χ2n) is 4.66. The number of hydrogen-bond donors (Lipinski definition) is 1. The summed E-state index contributed by atoms with van der Waals surface area (Å²) in [6, 6.07) is 8.81. The van der Waals surface area contributed by atoms with Crippen LogP contribution in [0.1, 0.15) is 18.1 Å². The van der Waals surface area contributed by atoms with Crippen LogP contribution in [0.15, 0.2) is 46.7 Å². The molecule has 2 aromatic carbocycles. The summed E-state index contributed by atoms with van der Waals surface area (Å²) in [5.74, 6) is -10.5. The minimum Gasteiger partial charge on any atom is -0.388 e. The average Bonchev–Trinajstić information content (AvgIpc) is 2.52. The highest BCUT2D eigenvalue weighted by atomic mass is 32.2. The van der Waals surface area contributed by atoms with E-state index in [1.165, 1.54) is 0 Å². The van der Waals surface area contributed by atoms with Gasteiger partial charge >= 0.3 is 0 Å². The Kier molecular flexibility index (Phi) is 5.43. The third kappa shape index (κ3) is 3.73. The van der Waals surface area contributed by atoms with Crippen LogP contribution in [0.25, 0.3) is 0 Å². The van der Waals surface area contributed by atoms with E-state index in [1.807, 2.05) is 0 Å². The lowest BCUT2D eigenvalue weighted by Crippen LogP contribution is -2.11. The molecule has 2 rings (SSSR count). The van der Waals surface area contributed by atoms with Crippen molar-refractivity contribution in [3.05, 3.63) is 76.5 Å². The van der Waals surface area contributed by atoms with Crippen molar-refractivity contribution in [1.29, 1.82) is 0 Å². The third-order valence-electron chi connectivity index (χ3n) is 3.00. The van der Waals surface area contributed by atoms with Crippen molar-refractivity contribution in [2.24, 2.45) is 0 Å². The van der Waals surface area contributed by atoms with Crippen LogP contribution in [0.2, 0.25) is 0 Å². The van der Waals surface area contributed by atoms with Crippen molar-refractivity contribution in [3.63, 3.8) is 0 Å². The van der Waals surface area contributed by atoms with E-state index in [4.69, 9.17) is 0 Å². The molecule has 1 N–H and O–H groups in total. The lowest BCUT2D eigenvalue weighted by molar-refractivity contribution is 0.166. The van der Waals surface area contributed by atoms with Crippen molar-refractivity contribution in [3.8, 4) is 0 Å². The third-order valence-corrected chi connectivity index (χ3v) is 3.97. The lowest BCUT2D eigenvalue weighted by Gasteiger charge is -2.15. The highest BCUT2D eigenvalue weighted by Gasteiger charge is 2.29. The first-order valence-corrected chi connectivity index (χ1v) is 7.24. The highest BCUT2D eigenvalue weighted by molar-refractivity contribution is 8.03. The number of halogens is 5. The quantitative estimate of drug-likeness (QED) is 0.351. The normalized spacial score (nSPS) is 12.3. The van der Waals surface area contributed by atoms with Crippen molar-refractivity contribution >= 4 is 11.8 Å². The molecule has 0 amide bonds. The molecule has 0 fully saturated rings. The molecule has 7 heteroatoms. The van der Waals surface area contributed by atoms with Crippen LogP contribution in [0.3, 0.4) is 0 Å². The Labute approximate surface area is 133 Å². The molecule has 0 spiro atoms. The summed E-state index contributed by atoms with van der Waals surface area (Å²) >= 11 is 1.13. The smallest absolute Gasteiger partial charge is 0.200 e. The van der Waals surface area contributed by atoms with Crippen molar-refractivity contribution in [2.45, 2.75) is 17.4 Å². The summed E-state index contributed by atoms with van der Waals surface area (Å²) in [4.78, 5) is 1.08. The van der Waals surface area contributed by atoms with Gasteiger partial charge in [0.25, 0.3) is 0 Å². The first-order chi connectivity index (χ1) is 10.8.